The molecule has 2 amide bonds. The Hall–Kier alpha value is -3.06. The zero-order chi connectivity index (χ0) is 18.7. The van der Waals surface area contributed by atoms with Crippen LogP contribution in [0.4, 0.5) is 5.69 Å². The van der Waals surface area contributed by atoms with Gasteiger partial charge in [0.2, 0.25) is 5.91 Å². The highest BCUT2D eigenvalue weighted by molar-refractivity contribution is 6.22. The monoisotopic (exact) mass is 356 g/mol. The number of imide groups is 1. The lowest BCUT2D eigenvalue weighted by molar-refractivity contribution is -0.121. The van der Waals surface area contributed by atoms with Gasteiger partial charge in [-0.3, -0.25) is 9.59 Å². The zero-order valence-electron chi connectivity index (χ0n) is 14.3. The molecule has 136 valence electrons. The molecule has 3 rings (SSSR count). The van der Waals surface area contributed by atoms with Gasteiger partial charge in [-0.15, -0.1) is 0 Å². The lowest BCUT2D eigenvalue weighted by Crippen LogP contribution is -2.39. The summed E-state index contributed by atoms with van der Waals surface area (Å²) in [6.45, 7) is 0.463. The minimum Gasteiger partial charge on any atom is -0.504 e. The molecule has 1 atom stereocenters. The Kier molecular flexibility index (Phi) is 5.09. The van der Waals surface area contributed by atoms with Crippen LogP contribution in [0.2, 0.25) is 0 Å². The minimum atomic E-state index is -0.574. The predicted octanol–water partition coefficient (Wildman–Crippen LogP) is 1.57. The number of amides is 2. The molecule has 1 fully saturated rings. The molecule has 0 bridgehead atoms. The maximum absolute atomic E-state index is 12.6. The summed E-state index contributed by atoms with van der Waals surface area (Å²) in [6, 6.07) is 10.8. The summed E-state index contributed by atoms with van der Waals surface area (Å²) >= 11 is 0. The Balaban J connectivity index is 1.60. The molecule has 0 saturated carbocycles. The number of benzene rings is 2. The van der Waals surface area contributed by atoms with Crippen molar-refractivity contribution in [3.8, 4) is 17.2 Å². The van der Waals surface area contributed by atoms with E-state index in [-0.39, 0.29) is 29.7 Å². The van der Waals surface area contributed by atoms with Crippen LogP contribution in [0.5, 0.6) is 17.2 Å². The molecule has 1 saturated heterocycles. The van der Waals surface area contributed by atoms with Crippen LogP contribution in [0.25, 0.3) is 0 Å². The molecule has 3 N–H and O–H groups in total. The fourth-order valence-electron chi connectivity index (χ4n) is 2.91. The fourth-order valence-corrected chi connectivity index (χ4v) is 2.91. The Morgan fingerprint density at radius 1 is 1.12 bits per heavy atom. The first-order chi connectivity index (χ1) is 12.5. The normalized spacial score (nSPS) is 17.0. The average molecular weight is 356 g/mol. The molecule has 7 heteroatoms. The number of hydrogen-bond acceptors (Lipinski definition) is 6. The van der Waals surface area contributed by atoms with Gasteiger partial charge in [0.15, 0.2) is 11.5 Å². The van der Waals surface area contributed by atoms with Gasteiger partial charge in [0.05, 0.1) is 25.3 Å². The molecule has 7 nitrogen and oxygen atoms in total. The molecule has 2 aromatic rings. The highest BCUT2D eigenvalue weighted by Crippen LogP contribution is 2.26. The van der Waals surface area contributed by atoms with Crippen molar-refractivity contribution in [3.63, 3.8) is 0 Å². The molecule has 2 aromatic carbocycles. The van der Waals surface area contributed by atoms with Gasteiger partial charge in [0.25, 0.3) is 5.91 Å². The second-order valence-electron chi connectivity index (χ2n) is 6.05. The third-order valence-corrected chi connectivity index (χ3v) is 4.32. The number of hydrogen-bond donors (Lipinski definition) is 3. The summed E-state index contributed by atoms with van der Waals surface area (Å²) in [7, 11) is 1.55. The Morgan fingerprint density at radius 3 is 2.50 bits per heavy atom. The Bertz CT molecular complexity index is 819. The third-order valence-electron chi connectivity index (χ3n) is 4.32. The maximum Gasteiger partial charge on any atom is 0.251 e. The summed E-state index contributed by atoms with van der Waals surface area (Å²) < 4.78 is 5.08. The van der Waals surface area contributed by atoms with Crippen LogP contribution in [0.3, 0.4) is 0 Å². The summed E-state index contributed by atoms with van der Waals surface area (Å²) in [5.41, 5.74) is 1.34. The minimum absolute atomic E-state index is 0.103. The second kappa shape index (κ2) is 7.45. The van der Waals surface area contributed by atoms with E-state index in [0.29, 0.717) is 24.4 Å². The lowest BCUT2D eigenvalue weighted by atomic mass is 10.1. The van der Waals surface area contributed by atoms with Crippen molar-refractivity contribution in [2.24, 2.45) is 0 Å². The maximum atomic E-state index is 12.6. The van der Waals surface area contributed by atoms with E-state index in [1.807, 2.05) is 0 Å². The second-order valence-corrected chi connectivity index (χ2v) is 6.05. The van der Waals surface area contributed by atoms with Crippen LogP contribution in [-0.2, 0) is 16.0 Å². The molecule has 0 radical (unpaired) electrons. The van der Waals surface area contributed by atoms with E-state index in [9.17, 15) is 19.8 Å². The van der Waals surface area contributed by atoms with Crippen molar-refractivity contribution >= 4 is 17.5 Å². The van der Waals surface area contributed by atoms with Crippen molar-refractivity contribution < 1.29 is 24.5 Å². The summed E-state index contributed by atoms with van der Waals surface area (Å²) in [4.78, 5) is 26.0. The van der Waals surface area contributed by atoms with Crippen LogP contribution in [0, 0.1) is 0 Å². The number of rotatable bonds is 6. The standard InChI is InChI=1S/C19H20N2O5/c1-26-14-5-3-13(4-6-14)21-18(24)11-15(19(21)25)20-9-8-12-2-7-16(22)17(23)10-12/h2-7,10,15,20,22-23H,8-9,11H2,1H3. The van der Waals surface area contributed by atoms with Gasteiger partial charge in [0, 0.05) is 0 Å². The van der Waals surface area contributed by atoms with Crippen LogP contribution < -0.4 is 15.0 Å². The summed E-state index contributed by atoms with van der Waals surface area (Å²) in [6.07, 6.45) is 0.653. The smallest absolute Gasteiger partial charge is 0.251 e. The van der Waals surface area contributed by atoms with Gasteiger partial charge in [-0.05, 0) is 54.9 Å². The summed E-state index contributed by atoms with van der Waals surface area (Å²) in [5, 5.41) is 21.9. The van der Waals surface area contributed by atoms with E-state index in [1.165, 1.54) is 17.0 Å². The number of nitrogens with one attached hydrogen (secondary N) is 1. The van der Waals surface area contributed by atoms with Crippen molar-refractivity contribution in [1.82, 2.24) is 5.32 Å². The van der Waals surface area contributed by atoms with E-state index in [0.717, 1.165) is 5.56 Å². The van der Waals surface area contributed by atoms with E-state index in [4.69, 9.17) is 4.74 Å². The first-order valence-electron chi connectivity index (χ1n) is 8.24. The molecule has 1 unspecified atom stereocenters. The highest BCUT2D eigenvalue weighted by atomic mass is 16.5. The number of phenolic OH excluding ortho intramolecular Hbond substituents is 2. The first kappa shape index (κ1) is 17.8. The molecule has 0 aliphatic carbocycles. The topological polar surface area (TPSA) is 99.1 Å². The molecule has 26 heavy (non-hydrogen) atoms. The number of phenols is 2. The van der Waals surface area contributed by atoms with E-state index < -0.39 is 6.04 Å². The van der Waals surface area contributed by atoms with E-state index >= 15 is 0 Å². The van der Waals surface area contributed by atoms with Gasteiger partial charge < -0.3 is 20.3 Å². The molecule has 0 aromatic heterocycles. The quantitative estimate of drug-likeness (QED) is 0.537. The van der Waals surface area contributed by atoms with Gasteiger partial charge >= 0.3 is 0 Å². The van der Waals surface area contributed by atoms with Crippen molar-refractivity contribution in [2.45, 2.75) is 18.9 Å². The van der Waals surface area contributed by atoms with E-state index in [1.54, 1.807) is 37.4 Å². The third kappa shape index (κ3) is 3.62. The number of anilines is 1. The molecule has 0 spiro atoms. The van der Waals surface area contributed by atoms with Crippen LogP contribution >= 0.6 is 0 Å². The van der Waals surface area contributed by atoms with Crippen molar-refractivity contribution in [3.05, 3.63) is 48.0 Å². The predicted molar refractivity (Wildman–Crippen MR) is 95.4 cm³/mol. The van der Waals surface area contributed by atoms with Crippen molar-refractivity contribution in [1.29, 1.82) is 0 Å². The molecular weight excluding hydrogens is 336 g/mol. The molecule has 1 aliphatic rings. The number of aromatic hydroxyl groups is 2. The van der Waals surface area contributed by atoms with Crippen molar-refractivity contribution in [2.75, 3.05) is 18.6 Å². The zero-order valence-corrected chi connectivity index (χ0v) is 14.3. The average Bonchev–Trinajstić information content (AvgIpc) is 2.92. The van der Waals surface area contributed by atoms with Gasteiger partial charge in [-0.1, -0.05) is 6.07 Å². The van der Waals surface area contributed by atoms with Gasteiger partial charge in [-0.25, -0.2) is 4.90 Å². The number of methoxy groups -OCH3 is 1. The van der Waals surface area contributed by atoms with Crippen LogP contribution in [0.15, 0.2) is 42.5 Å². The first-order valence-corrected chi connectivity index (χ1v) is 8.24. The fraction of sp³-hybridized carbons (Fsp3) is 0.263. The molecule has 1 heterocycles. The largest absolute Gasteiger partial charge is 0.504 e. The van der Waals surface area contributed by atoms with E-state index in [2.05, 4.69) is 5.32 Å². The Morgan fingerprint density at radius 2 is 1.85 bits per heavy atom. The van der Waals surface area contributed by atoms with Gasteiger partial charge in [-0.2, -0.15) is 0 Å². The molecule has 1 aliphatic heterocycles. The summed E-state index contributed by atoms with van der Waals surface area (Å²) in [5.74, 6) is -0.234. The highest BCUT2D eigenvalue weighted by Gasteiger charge is 2.39. The van der Waals surface area contributed by atoms with Gasteiger partial charge in [0.1, 0.15) is 5.75 Å². The number of carbonyl (C=O) groups excluding carboxylic acids is 2. The Labute approximate surface area is 150 Å². The number of ether oxygens (including phenoxy) is 1. The van der Waals surface area contributed by atoms with Crippen LogP contribution in [0.1, 0.15) is 12.0 Å². The number of nitrogens with zero attached hydrogens (tertiary/aromatic N) is 1. The molecular formula is C19H20N2O5. The van der Waals surface area contributed by atoms with Crippen LogP contribution in [-0.4, -0.2) is 41.7 Å². The number of carbonyl (C=O) groups is 2. The SMILES string of the molecule is COc1ccc(N2C(=O)CC(NCCc3ccc(O)c(O)c3)C2=O)cc1. The lowest BCUT2D eigenvalue weighted by Gasteiger charge is -2.16.